The molecule has 2 heterocycles. The van der Waals surface area contributed by atoms with Crippen molar-refractivity contribution >= 4 is 11.3 Å². The maximum absolute atomic E-state index is 4.74. The third-order valence-electron chi connectivity index (χ3n) is 2.52. The Labute approximate surface area is 106 Å². The Bertz CT molecular complexity index is 477. The molecule has 4 heteroatoms. The van der Waals surface area contributed by atoms with Crippen LogP contribution in [0.3, 0.4) is 0 Å². The molecule has 0 bridgehead atoms. The maximum Gasteiger partial charge on any atom is 0.125 e. The summed E-state index contributed by atoms with van der Waals surface area (Å²) in [6.45, 7) is 5.24. The lowest BCUT2D eigenvalue weighted by molar-refractivity contribution is 0.771. The molecule has 90 valence electrons. The first-order valence-electron chi connectivity index (χ1n) is 5.77. The Morgan fingerprint density at radius 2 is 2.24 bits per heavy atom. The number of nitrogens with zero attached hydrogens (tertiary/aromatic N) is 2. The van der Waals surface area contributed by atoms with Crippen LogP contribution in [0.15, 0.2) is 24.5 Å². The molecule has 3 nitrogen and oxygen atoms in total. The Morgan fingerprint density at radius 3 is 2.82 bits per heavy atom. The van der Waals surface area contributed by atoms with E-state index < -0.39 is 0 Å². The van der Waals surface area contributed by atoms with Crippen LogP contribution in [0.5, 0.6) is 0 Å². The molecule has 0 atom stereocenters. The minimum absolute atomic E-state index is 0.458. The van der Waals surface area contributed by atoms with Gasteiger partial charge in [0, 0.05) is 29.4 Å². The fraction of sp³-hybridized carbons (Fsp3) is 0.385. The number of pyridine rings is 1. The lowest BCUT2D eigenvalue weighted by Crippen LogP contribution is -2.06. The van der Waals surface area contributed by atoms with Crippen LogP contribution in [0.25, 0.3) is 10.6 Å². The van der Waals surface area contributed by atoms with Crippen LogP contribution in [0.4, 0.5) is 0 Å². The van der Waals surface area contributed by atoms with Gasteiger partial charge in [-0.2, -0.15) is 0 Å². The standard InChI is InChI=1S/C13H17N3S/c1-9(2)12-11(8-14-3)17-13(16-12)10-5-4-6-15-7-10/h4-7,9,14H,8H2,1-3H3. The summed E-state index contributed by atoms with van der Waals surface area (Å²) in [4.78, 5) is 10.2. The maximum atomic E-state index is 4.74. The molecule has 0 saturated heterocycles. The van der Waals surface area contributed by atoms with E-state index in [0.717, 1.165) is 17.1 Å². The van der Waals surface area contributed by atoms with Crippen molar-refractivity contribution in [2.24, 2.45) is 0 Å². The smallest absolute Gasteiger partial charge is 0.125 e. The van der Waals surface area contributed by atoms with Crippen molar-refractivity contribution < 1.29 is 0 Å². The second-order valence-corrected chi connectivity index (χ2v) is 5.34. The predicted octanol–water partition coefficient (Wildman–Crippen LogP) is 3.05. The molecule has 1 N–H and O–H groups in total. The summed E-state index contributed by atoms with van der Waals surface area (Å²) < 4.78 is 0. The molecule has 0 fully saturated rings. The molecule has 0 aliphatic heterocycles. The molecular weight excluding hydrogens is 230 g/mol. The van der Waals surface area contributed by atoms with Gasteiger partial charge in [-0.25, -0.2) is 4.98 Å². The van der Waals surface area contributed by atoms with Gasteiger partial charge in [0.25, 0.3) is 0 Å². The van der Waals surface area contributed by atoms with Crippen molar-refractivity contribution in [2.45, 2.75) is 26.3 Å². The van der Waals surface area contributed by atoms with Gasteiger partial charge < -0.3 is 5.32 Å². The van der Waals surface area contributed by atoms with E-state index in [9.17, 15) is 0 Å². The van der Waals surface area contributed by atoms with Crippen LogP contribution in [-0.4, -0.2) is 17.0 Å². The molecule has 17 heavy (non-hydrogen) atoms. The quantitative estimate of drug-likeness (QED) is 0.902. The fourth-order valence-corrected chi connectivity index (χ4v) is 2.93. The summed E-state index contributed by atoms with van der Waals surface area (Å²) in [7, 11) is 1.97. The SMILES string of the molecule is CNCc1sc(-c2cccnc2)nc1C(C)C. The van der Waals surface area contributed by atoms with Gasteiger partial charge >= 0.3 is 0 Å². The minimum atomic E-state index is 0.458. The molecule has 0 aliphatic carbocycles. The van der Waals surface area contributed by atoms with Gasteiger partial charge in [-0.15, -0.1) is 11.3 Å². The van der Waals surface area contributed by atoms with E-state index in [4.69, 9.17) is 4.98 Å². The van der Waals surface area contributed by atoms with Crippen molar-refractivity contribution in [3.05, 3.63) is 35.1 Å². The third-order valence-corrected chi connectivity index (χ3v) is 3.64. The van der Waals surface area contributed by atoms with Gasteiger partial charge in [-0.3, -0.25) is 4.98 Å². The highest BCUT2D eigenvalue weighted by Gasteiger charge is 2.14. The van der Waals surface area contributed by atoms with Gasteiger partial charge in [0.15, 0.2) is 0 Å². The van der Waals surface area contributed by atoms with E-state index in [1.165, 1.54) is 10.6 Å². The summed E-state index contributed by atoms with van der Waals surface area (Å²) >= 11 is 1.75. The molecule has 0 aromatic carbocycles. The van der Waals surface area contributed by atoms with Crippen molar-refractivity contribution in [2.75, 3.05) is 7.05 Å². The molecule has 0 aliphatic rings. The molecule has 0 saturated carbocycles. The zero-order valence-corrected chi connectivity index (χ0v) is 11.2. The second-order valence-electron chi connectivity index (χ2n) is 4.25. The Hall–Kier alpha value is -1.26. The number of thiazole rings is 1. The molecule has 2 rings (SSSR count). The molecule has 2 aromatic heterocycles. The first-order chi connectivity index (χ1) is 8.22. The zero-order chi connectivity index (χ0) is 12.3. The number of nitrogens with one attached hydrogen (secondary N) is 1. The predicted molar refractivity (Wildman–Crippen MR) is 72.2 cm³/mol. The monoisotopic (exact) mass is 247 g/mol. The average Bonchev–Trinajstić information content (AvgIpc) is 2.75. The normalized spacial score (nSPS) is 11.1. The highest BCUT2D eigenvalue weighted by Crippen LogP contribution is 2.31. The number of hydrogen-bond donors (Lipinski definition) is 1. The van der Waals surface area contributed by atoms with Gasteiger partial charge in [-0.05, 0) is 25.1 Å². The van der Waals surface area contributed by atoms with Crippen LogP contribution >= 0.6 is 11.3 Å². The summed E-state index contributed by atoms with van der Waals surface area (Å²) in [5, 5.41) is 4.26. The van der Waals surface area contributed by atoms with E-state index in [1.807, 2.05) is 19.3 Å². The Kier molecular flexibility index (Phi) is 3.86. The van der Waals surface area contributed by atoms with Gasteiger partial charge in [0.1, 0.15) is 5.01 Å². The largest absolute Gasteiger partial charge is 0.315 e. The van der Waals surface area contributed by atoms with E-state index in [2.05, 4.69) is 30.2 Å². The lowest BCUT2D eigenvalue weighted by Gasteiger charge is -2.03. The fourth-order valence-electron chi connectivity index (χ4n) is 1.71. The first kappa shape index (κ1) is 12.2. The zero-order valence-electron chi connectivity index (χ0n) is 10.4. The number of aromatic nitrogens is 2. The van der Waals surface area contributed by atoms with Crippen LogP contribution < -0.4 is 5.32 Å². The molecular formula is C13H17N3S. The highest BCUT2D eigenvalue weighted by atomic mass is 32.1. The van der Waals surface area contributed by atoms with Crippen LogP contribution in [0.1, 0.15) is 30.3 Å². The summed E-state index contributed by atoms with van der Waals surface area (Å²) in [5.41, 5.74) is 2.30. The summed E-state index contributed by atoms with van der Waals surface area (Å²) in [6.07, 6.45) is 3.65. The van der Waals surface area contributed by atoms with Gasteiger partial charge in [0.2, 0.25) is 0 Å². The van der Waals surface area contributed by atoms with E-state index in [1.54, 1.807) is 17.5 Å². The van der Waals surface area contributed by atoms with Gasteiger partial charge in [-0.1, -0.05) is 13.8 Å². The van der Waals surface area contributed by atoms with E-state index in [0.29, 0.717) is 5.92 Å². The third kappa shape index (κ3) is 2.70. The van der Waals surface area contributed by atoms with Crippen molar-refractivity contribution in [3.8, 4) is 10.6 Å². The van der Waals surface area contributed by atoms with Crippen molar-refractivity contribution in [3.63, 3.8) is 0 Å². The molecule has 0 radical (unpaired) electrons. The summed E-state index contributed by atoms with van der Waals surface area (Å²) in [5.74, 6) is 0.458. The molecule has 2 aromatic rings. The molecule has 0 unspecified atom stereocenters. The lowest BCUT2D eigenvalue weighted by atomic mass is 10.1. The minimum Gasteiger partial charge on any atom is -0.315 e. The number of rotatable bonds is 4. The second kappa shape index (κ2) is 5.38. The van der Waals surface area contributed by atoms with Crippen LogP contribution in [-0.2, 0) is 6.54 Å². The number of hydrogen-bond acceptors (Lipinski definition) is 4. The van der Waals surface area contributed by atoms with E-state index in [-0.39, 0.29) is 0 Å². The molecule has 0 spiro atoms. The topological polar surface area (TPSA) is 37.8 Å². The Morgan fingerprint density at radius 1 is 1.41 bits per heavy atom. The summed E-state index contributed by atoms with van der Waals surface area (Å²) in [6, 6.07) is 4.00. The van der Waals surface area contributed by atoms with Crippen molar-refractivity contribution in [1.29, 1.82) is 0 Å². The van der Waals surface area contributed by atoms with Crippen molar-refractivity contribution in [1.82, 2.24) is 15.3 Å². The van der Waals surface area contributed by atoms with Crippen LogP contribution in [0, 0.1) is 0 Å². The average molecular weight is 247 g/mol. The van der Waals surface area contributed by atoms with Gasteiger partial charge in [0.05, 0.1) is 5.69 Å². The molecule has 0 amide bonds. The highest BCUT2D eigenvalue weighted by molar-refractivity contribution is 7.15. The first-order valence-corrected chi connectivity index (χ1v) is 6.58. The van der Waals surface area contributed by atoms with Crippen LogP contribution in [0.2, 0.25) is 0 Å². The van der Waals surface area contributed by atoms with E-state index >= 15 is 0 Å². The Balaban J connectivity index is 2.40.